The lowest BCUT2D eigenvalue weighted by Crippen LogP contribution is -2.66. The Labute approximate surface area is 391 Å². The van der Waals surface area contributed by atoms with Crippen LogP contribution in [0, 0.1) is 34.5 Å². The number of methoxy groups -OCH3 is 1. The average Bonchev–Trinajstić information content (AvgIpc) is 3.52. The standard InChI is InChI=1S/C48H74O19/c1-22(51)17-26-19-32(65-42(58)24-9-7-6-8-10-24)48(59)29-12-11-25-18-27(13-15-46(25,3)28(29)14-16-47(26,48)4)62-45-38(57)41(60-5)39(23(2)61-45)66-44-37(56)35(54)40(31(21-50)64-44)67-43-36(55)34(53)33(52)30(20-49)63-43/h6-10,22-23,25-41,43-45,49-57,59H,11-21H2,1-5H3. The molecule has 3 heterocycles. The van der Waals surface area contributed by atoms with Gasteiger partial charge in [0.1, 0.15) is 78.8 Å². The van der Waals surface area contributed by atoms with Gasteiger partial charge in [-0.15, -0.1) is 0 Å². The number of carbonyl (C=O) groups excluding carboxylic acids is 1. The predicted octanol–water partition coefficient (Wildman–Crippen LogP) is -0.118. The monoisotopic (exact) mass is 954 g/mol. The second-order valence-electron chi connectivity index (χ2n) is 21.1. The highest BCUT2D eigenvalue weighted by molar-refractivity contribution is 5.89. The van der Waals surface area contributed by atoms with E-state index in [2.05, 4.69) is 13.8 Å². The molecular formula is C48H74O19. The van der Waals surface area contributed by atoms with Gasteiger partial charge in [-0.3, -0.25) is 0 Å². The van der Waals surface area contributed by atoms with Gasteiger partial charge in [0.25, 0.3) is 0 Å². The molecule has 1 aromatic carbocycles. The van der Waals surface area contributed by atoms with E-state index in [0.717, 1.165) is 32.1 Å². The van der Waals surface area contributed by atoms with Crippen LogP contribution in [0.25, 0.3) is 0 Å². The van der Waals surface area contributed by atoms with Gasteiger partial charge in [-0.1, -0.05) is 32.0 Å². The van der Waals surface area contributed by atoms with Crippen molar-refractivity contribution in [3.05, 3.63) is 35.9 Å². The number of aliphatic hydroxyl groups is 10. The third-order valence-corrected chi connectivity index (χ3v) is 17.5. The van der Waals surface area contributed by atoms with Crippen LogP contribution in [0.1, 0.15) is 95.8 Å². The Morgan fingerprint density at radius 2 is 1.37 bits per heavy atom. The Kier molecular flexibility index (Phi) is 15.5. The number of carbonyl (C=O) groups is 1. The van der Waals surface area contributed by atoms with Crippen molar-refractivity contribution in [2.75, 3.05) is 20.3 Å². The fraction of sp³-hybridized carbons (Fsp3) is 0.854. The van der Waals surface area contributed by atoms with E-state index in [4.69, 9.17) is 37.9 Å². The SMILES string of the molecule is COC1C(O)C(OC2CCC3(C)C(CCC4C3CCC3(C)C(CC(C)O)CC(OC(=O)c5ccccc5)C43O)C2)OC(C)C1OC1OC(CO)C(OC2OC(CO)C(O)C(O)C2O)C(O)C1O. The van der Waals surface area contributed by atoms with Crippen LogP contribution in [0.2, 0.25) is 0 Å². The topological polar surface area (TPSA) is 293 Å². The van der Waals surface area contributed by atoms with E-state index in [1.807, 2.05) is 6.07 Å². The summed E-state index contributed by atoms with van der Waals surface area (Å²) in [5.74, 6) is -0.230. The molecule has 19 nitrogen and oxygen atoms in total. The van der Waals surface area contributed by atoms with Crippen molar-refractivity contribution < 1.29 is 93.8 Å². The van der Waals surface area contributed by atoms with Gasteiger partial charge < -0.3 is 89.0 Å². The normalized spacial score (nSPS) is 50.4. The predicted molar refractivity (Wildman–Crippen MR) is 231 cm³/mol. The van der Waals surface area contributed by atoms with Gasteiger partial charge in [0.05, 0.1) is 37.1 Å². The lowest BCUT2D eigenvalue weighted by molar-refractivity contribution is -0.380. The zero-order valence-electron chi connectivity index (χ0n) is 39.0. The van der Waals surface area contributed by atoms with Crippen LogP contribution in [0.15, 0.2) is 30.3 Å². The molecule has 3 saturated heterocycles. The summed E-state index contributed by atoms with van der Waals surface area (Å²) < 4.78 is 47.9. The summed E-state index contributed by atoms with van der Waals surface area (Å²) in [7, 11) is 1.38. The summed E-state index contributed by atoms with van der Waals surface area (Å²) in [6.07, 6.45) is -17.0. The minimum atomic E-state index is -1.82. The summed E-state index contributed by atoms with van der Waals surface area (Å²) in [5, 5.41) is 109. The number of benzene rings is 1. The minimum absolute atomic E-state index is 0.0312. The molecule has 7 aliphatic rings. The van der Waals surface area contributed by atoms with Gasteiger partial charge in [0, 0.05) is 12.5 Å². The second kappa shape index (κ2) is 20.3. The fourth-order valence-electron chi connectivity index (χ4n) is 13.7. The fourth-order valence-corrected chi connectivity index (χ4v) is 13.7. The molecule has 0 aromatic heterocycles. The molecule has 19 heteroatoms. The summed E-state index contributed by atoms with van der Waals surface area (Å²) in [5.41, 5.74) is -1.57. The molecule has 1 aromatic rings. The van der Waals surface area contributed by atoms with Crippen molar-refractivity contribution in [2.24, 2.45) is 34.5 Å². The number of hydrogen-bond donors (Lipinski definition) is 10. The molecule has 10 N–H and O–H groups in total. The summed E-state index contributed by atoms with van der Waals surface area (Å²) in [6.45, 7) is 6.42. The number of ether oxygens (including phenoxy) is 8. The number of esters is 1. The minimum Gasteiger partial charge on any atom is -0.456 e. The van der Waals surface area contributed by atoms with Crippen molar-refractivity contribution in [2.45, 2.75) is 202 Å². The lowest BCUT2D eigenvalue weighted by Gasteiger charge is -2.64. The molecule has 67 heavy (non-hydrogen) atoms. The van der Waals surface area contributed by atoms with Gasteiger partial charge in [0.15, 0.2) is 18.9 Å². The van der Waals surface area contributed by atoms with Crippen molar-refractivity contribution >= 4 is 5.97 Å². The van der Waals surface area contributed by atoms with Crippen molar-refractivity contribution in [1.29, 1.82) is 0 Å². The lowest BCUT2D eigenvalue weighted by atomic mass is 9.43. The van der Waals surface area contributed by atoms with E-state index in [1.54, 1.807) is 38.1 Å². The molecule has 0 amide bonds. The van der Waals surface area contributed by atoms with Gasteiger partial charge in [-0.2, -0.15) is 0 Å². The van der Waals surface area contributed by atoms with E-state index in [0.29, 0.717) is 31.2 Å². The molecule has 8 rings (SSSR count). The van der Waals surface area contributed by atoms with Crippen molar-refractivity contribution in [3.8, 4) is 0 Å². The Morgan fingerprint density at radius 1 is 0.731 bits per heavy atom. The van der Waals surface area contributed by atoms with Crippen LogP contribution in [-0.2, 0) is 37.9 Å². The van der Waals surface area contributed by atoms with Gasteiger partial charge >= 0.3 is 5.97 Å². The number of hydrogen-bond acceptors (Lipinski definition) is 19. The first kappa shape index (κ1) is 51.4. The number of aliphatic hydroxyl groups excluding tert-OH is 9. The quantitative estimate of drug-likeness (QED) is 0.0911. The molecule has 4 saturated carbocycles. The van der Waals surface area contributed by atoms with Crippen LogP contribution in [0.4, 0.5) is 0 Å². The number of rotatable bonds is 13. The molecular weight excluding hydrogens is 881 g/mol. The van der Waals surface area contributed by atoms with Gasteiger partial charge in [-0.25, -0.2) is 4.79 Å². The first-order valence-electron chi connectivity index (χ1n) is 24.2. The highest BCUT2D eigenvalue weighted by atomic mass is 16.8. The van der Waals surface area contributed by atoms with Crippen LogP contribution < -0.4 is 0 Å². The Hall–Kier alpha value is -1.99. The van der Waals surface area contributed by atoms with E-state index in [9.17, 15) is 55.9 Å². The first-order chi connectivity index (χ1) is 31.8. The van der Waals surface area contributed by atoms with Crippen molar-refractivity contribution in [3.63, 3.8) is 0 Å². The zero-order chi connectivity index (χ0) is 48.3. The summed E-state index contributed by atoms with van der Waals surface area (Å²) >= 11 is 0. The molecule has 25 atom stereocenters. The largest absolute Gasteiger partial charge is 0.456 e. The Balaban J connectivity index is 0.905. The highest BCUT2D eigenvalue weighted by Gasteiger charge is 2.72. The van der Waals surface area contributed by atoms with Crippen molar-refractivity contribution in [1.82, 2.24) is 0 Å². The molecule has 3 aliphatic heterocycles. The average molecular weight is 955 g/mol. The Bertz CT molecular complexity index is 1810. The summed E-state index contributed by atoms with van der Waals surface area (Å²) in [6, 6.07) is 8.85. The van der Waals surface area contributed by atoms with Gasteiger partial charge in [0.2, 0.25) is 0 Å². The Morgan fingerprint density at radius 3 is 2.03 bits per heavy atom. The second-order valence-corrected chi connectivity index (χ2v) is 21.1. The maximum Gasteiger partial charge on any atom is 0.338 e. The van der Waals surface area contributed by atoms with E-state index in [1.165, 1.54) is 7.11 Å². The molecule has 25 unspecified atom stereocenters. The maximum atomic E-state index is 13.5. The van der Waals surface area contributed by atoms with Gasteiger partial charge in [-0.05, 0) is 113 Å². The van der Waals surface area contributed by atoms with E-state index >= 15 is 0 Å². The smallest absolute Gasteiger partial charge is 0.338 e. The molecule has 7 fully saturated rings. The number of fused-ring (bicyclic) bond motifs is 5. The molecule has 380 valence electrons. The van der Waals surface area contributed by atoms with E-state index < -0.39 is 135 Å². The third-order valence-electron chi connectivity index (χ3n) is 17.5. The summed E-state index contributed by atoms with van der Waals surface area (Å²) in [4.78, 5) is 13.5. The molecule has 0 spiro atoms. The maximum absolute atomic E-state index is 13.5. The van der Waals surface area contributed by atoms with E-state index in [-0.39, 0.29) is 35.2 Å². The van der Waals surface area contributed by atoms with Crippen LogP contribution in [0.3, 0.4) is 0 Å². The van der Waals surface area contributed by atoms with Crippen LogP contribution in [-0.4, -0.2) is 193 Å². The first-order valence-corrected chi connectivity index (χ1v) is 24.2. The van der Waals surface area contributed by atoms with Crippen LogP contribution in [0.5, 0.6) is 0 Å². The highest BCUT2D eigenvalue weighted by Crippen LogP contribution is 2.70. The molecule has 4 aliphatic carbocycles. The molecule has 0 bridgehead atoms. The zero-order valence-corrected chi connectivity index (χ0v) is 39.0. The molecule has 0 radical (unpaired) electrons. The third kappa shape index (κ3) is 9.15. The van der Waals surface area contributed by atoms with Crippen LogP contribution >= 0.6 is 0 Å².